The second-order valence-electron chi connectivity index (χ2n) is 6.22. The average Bonchev–Trinajstić information content (AvgIpc) is 2.78. The molecule has 0 saturated carbocycles. The predicted molar refractivity (Wildman–Crippen MR) is 90.4 cm³/mol. The number of thiocarbonyl (C=S) groups is 1. The van der Waals surface area contributed by atoms with Gasteiger partial charge in [-0.2, -0.15) is 0 Å². The summed E-state index contributed by atoms with van der Waals surface area (Å²) < 4.78 is 0. The normalized spacial score (nSPS) is 19.2. The molecule has 5 heteroatoms. The monoisotopic (exact) mass is 305 g/mol. The second kappa shape index (κ2) is 6.12. The molecular weight excluding hydrogens is 282 g/mol. The molecule has 114 valence electrons. The number of rotatable bonds is 4. The van der Waals surface area contributed by atoms with Crippen LogP contribution in [0.15, 0.2) is 24.3 Å². The Balaban J connectivity index is 2.02. The Morgan fingerprint density at radius 2 is 2.00 bits per heavy atom. The number of carbonyl (C=O) groups excluding carboxylic acids is 1. The van der Waals surface area contributed by atoms with Gasteiger partial charge in [-0.25, -0.2) is 0 Å². The highest BCUT2D eigenvalue weighted by Crippen LogP contribution is 2.30. The standard InChI is InChI=1S/C16H23N3OS/c1-11(19-10-4-9-16(19,2)3)15(20)18-13-7-5-12(6-8-13)14(17)21/h5-8,11H,4,9-10H2,1-3H3,(H2,17,21)(H,18,20). The molecule has 1 aliphatic heterocycles. The lowest BCUT2D eigenvalue weighted by atomic mass is 10.0. The number of anilines is 1. The lowest BCUT2D eigenvalue weighted by Crippen LogP contribution is -2.49. The summed E-state index contributed by atoms with van der Waals surface area (Å²) in [6, 6.07) is 7.16. The van der Waals surface area contributed by atoms with E-state index in [2.05, 4.69) is 24.1 Å². The third-order valence-electron chi connectivity index (χ3n) is 4.25. The summed E-state index contributed by atoms with van der Waals surface area (Å²) in [5, 5.41) is 2.96. The Labute approximate surface area is 131 Å². The third-order valence-corrected chi connectivity index (χ3v) is 4.48. The van der Waals surface area contributed by atoms with E-state index in [4.69, 9.17) is 18.0 Å². The molecule has 1 amide bonds. The highest BCUT2D eigenvalue weighted by molar-refractivity contribution is 7.80. The fourth-order valence-electron chi connectivity index (χ4n) is 2.95. The van der Waals surface area contributed by atoms with Crippen LogP contribution >= 0.6 is 12.2 Å². The van der Waals surface area contributed by atoms with Crippen molar-refractivity contribution in [1.82, 2.24) is 4.90 Å². The maximum Gasteiger partial charge on any atom is 0.241 e. The van der Waals surface area contributed by atoms with E-state index in [1.165, 1.54) is 0 Å². The van der Waals surface area contributed by atoms with E-state index in [9.17, 15) is 4.79 Å². The maximum atomic E-state index is 12.4. The third kappa shape index (κ3) is 3.60. The van der Waals surface area contributed by atoms with Crippen molar-refractivity contribution in [1.29, 1.82) is 0 Å². The van der Waals surface area contributed by atoms with Crippen molar-refractivity contribution < 1.29 is 4.79 Å². The van der Waals surface area contributed by atoms with E-state index in [-0.39, 0.29) is 17.5 Å². The van der Waals surface area contributed by atoms with Crippen LogP contribution < -0.4 is 11.1 Å². The first-order valence-electron chi connectivity index (χ1n) is 7.29. The first-order chi connectivity index (χ1) is 9.81. The highest BCUT2D eigenvalue weighted by Gasteiger charge is 2.37. The number of likely N-dealkylation sites (tertiary alicyclic amines) is 1. The van der Waals surface area contributed by atoms with Crippen molar-refractivity contribution in [3.63, 3.8) is 0 Å². The molecule has 0 aliphatic carbocycles. The quantitative estimate of drug-likeness (QED) is 0.839. The van der Waals surface area contributed by atoms with Crippen LogP contribution in [-0.4, -0.2) is 33.9 Å². The van der Waals surface area contributed by atoms with Gasteiger partial charge in [-0.15, -0.1) is 0 Å². The van der Waals surface area contributed by atoms with Gasteiger partial charge in [0.25, 0.3) is 0 Å². The van der Waals surface area contributed by atoms with Gasteiger partial charge in [0.15, 0.2) is 0 Å². The minimum absolute atomic E-state index is 0.0213. The van der Waals surface area contributed by atoms with Crippen LogP contribution in [-0.2, 0) is 4.79 Å². The molecule has 0 spiro atoms. The van der Waals surface area contributed by atoms with Crippen molar-refractivity contribution in [2.24, 2.45) is 5.73 Å². The molecule has 1 unspecified atom stereocenters. The molecule has 1 aromatic rings. The fourth-order valence-corrected chi connectivity index (χ4v) is 3.09. The van der Waals surface area contributed by atoms with E-state index in [0.29, 0.717) is 4.99 Å². The van der Waals surface area contributed by atoms with Crippen molar-refractivity contribution in [2.45, 2.75) is 45.2 Å². The first kappa shape index (κ1) is 15.9. The number of nitrogens with one attached hydrogen (secondary N) is 1. The van der Waals surface area contributed by atoms with Gasteiger partial charge in [0.1, 0.15) is 4.99 Å². The van der Waals surface area contributed by atoms with Gasteiger partial charge in [-0.3, -0.25) is 9.69 Å². The van der Waals surface area contributed by atoms with Crippen LogP contribution in [0.25, 0.3) is 0 Å². The molecule has 1 heterocycles. The second-order valence-corrected chi connectivity index (χ2v) is 6.66. The number of nitrogens with two attached hydrogens (primary N) is 1. The van der Waals surface area contributed by atoms with Gasteiger partial charge < -0.3 is 11.1 Å². The molecule has 4 nitrogen and oxygen atoms in total. The fraction of sp³-hybridized carbons (Fsp3) is 0.500. The van der Waals surface area contributed by atoms with E-state index in [1.807, 2.05) is 31.2 Å². The number of hydrogen-bond acceptors (Lipinski definition) is 3. The van der Waals surface area contributed by atoms with Gasteiger partial charge in [-0.05, 0) is 64.4 Å². The Kier molecular flexibility index (Phi) is 4.64. The summed E-state index contributed by atoms with van der Waals surface area (Å²) in [4.78, 5) is 15.0. The van der Waals surface area contributed by atoms with E-state index in [1.54, 1.807) is 0 Å². The van der Waals surface area contributed by atoms with Crippen LogP contribution in [0.4, 0.5) is 5.69 Å². The molecule has 1 aromatic carbocycles. The predicted octanol–water partition coefficient (Wildman–Crippen LogP) is 2.52. The topological polar surface area (TPSA) is 58.4 Å². The summed E-state index contributed by atoms with van der Waals surface area (Å²) in [5.74, 6) is 0.0213. The van der Waals surface area contributed by atoms with Gasteiger partial charge in [-0.1, -0.05) is 12.2 Å². The zero-order valence-corrected chi connectivity index (χ0v) is 13.7. The Bertz CT molecular complexity index is 539. The van der Waals surface area contributed by atoms with Gasteiger partial charge >= 0.3 is 0 Å². The molecular formula is C16H23N3OS. The SMILES string of the molecule is CC(C(=O)Nc1ccc(C(N)=S)cc1)N1CCCC1(C)C. The number of benzene rings is 1. The lowest BCUT2D eigenvalue weighted by Gasteiger charge is -2.35. The molecule has 0 aromatic heterocycles. The van der Waals surface area contributed by atoms with Gasteiger partial charge in [0.2, 0.25) is 5.91 Å². The number of carbonyl (C=O) groups is 1. The summed E-state index contributed by atoms with van der Waals surface area (Å²) in [5.41, 5.74) is 7.22. The van der Waals surface area contributed by atoms with E-state index < -0.39 is 0 Å². The molecule has 0 bridgehead atoms. The number of nitrogens with zero attached hydrogens (tertiary/aromatic N) is 1. The van der Waals surface area contributed by atoms with Crippen LogP contribution in [0.5, 0.6) is 0 Å². The van der Waals surface area contributed by atoms with Gasteiger partial charge in [0, 0.05) is 16.8 Å². The van der Waals surface area contributed by atoms with Crippen molar-refractivity contribution in [2.75, 3.05) is 11.9 Å². The average molecular weight is 305 g/mol. The van der Waals surface area contributed by atoms with Crippen LogP contribution in [0.2, 0.25) is 0 Å². The first-order valence-corrected chi connectivity index (χ1v) is 7.69. The summed E-state index contributed by atoms with van der Waals surface area (Å²) in [7, 11) is 0. The van der Waals surface area contributed by atoms with Crippen molar-refractivity contribution in [3.05, 3.63) is 29.8 Å². The minimum Gasteiger partial charge on any atom is -0.389 e. The molecule has 1 atom stereocenters. The van der Waals surface area contributed by atoms with Crippen molar-refractivity contribution >= 4 is 28.8 Å². The largest absolute Gasteiger partial charge is 0.389 e. The van der Waals surface area contributed by atoms with Gasteiger partial charge in [0.05, 0.1) is 6.04 Å². The number of hydrogen-bond donors (Lipinski definition) is 2. The maximum absolute atomic E-state index is 12.4. The van der Waals surface area contributed by atoms with Crippen LogP contribution in [0, 0.1) is 0 Å². The lowest BCUT2D eigenvalue weighted by molar-refractivity contribution is -0.122. The highest BCUT2D eigenvalue weighted by atomic mass is 32.1. The minimum atomic E-state index is -0.141. The molecule has 3 N–H and O–H groups in total. The molecule has 21 heavy (non-hydrogen) atoms. The Hall–Kier alpha value is -1.46. The molecule has 1 fully saturated rings. The number of amides is 1. The summed E-state index contributed by atoms with van der Waals surface area (Å²) >= 11 is 4.92. The summed E-state index contributed by atoms with van der Waals surface area (Å²) in [6.45, 7) is 7.33. The van der Waals surface area contributed by atoms with Crippen LogP contribution in [0.3, 0.4) is 0 Å². The summed E-state index contributed by atoms with van der Waals surface area (Å²) in [6.07, 6.45) is 2.28. The molecule has 1 aliphatic rings. The Morgan fingerprint density at radius 1 is 1.38 bits per heavy atom. The molecule has 2 rings (SSSR count). The Morgan fingerprint density at radius 3 is 2.48 bits per heavy atom. The smallest absolute Gasteiger partial charge is 0.241 e. The molecule has 1 saturated heterocycles. The van der Waals surface area contributed by atoms with E-state index in [0.717, 1.165) is 30.6 Å². The molecule has 0 radical (unpaired) electrons. The van der Waals surface area contributed by atoms with Crippen molar-refractivity contribution in [3.8, 4) is 0 Å². The zero-order chi connectivity index (χ0) is 15.6. The van der Waals surface area contributed by atoms with E-state index >= 15 is 0 Å². The van der Waals surface area contributed by atoms with Crippen LogP contribution in [0.1, 0.15) is 39.2 Å². The zero-order valence-electron chi connectivity index (χ0n) is 12.8.